The molecule has 0 saturated heterocycles. The molecule has 0 amide bonds. The third kappa shape index (κ3) is 2.52. The van der Waals surface area contributed by atoms with Crippen molar-refractivity contribution in [2.24, 2.45) is 0 Å². The zero-order valence-corrected chi connectivity index (χ0v) is 10.2. The Hall–Kier alpha value is -2.88. The molecule has 0 aliphatic heterocycles. The number of ether oxygens (including phenoxy) is 1. The van der Waals surface area contributed by atoms with Gasteiger partial charge in [0.2, 0.25) is 0 Å². The molecule has 0 bridgehead atoms. The normalized spacial score (nSPS) is 9.89. The lowest BCUT2D eigenvalue weighted by atomic mass is 10.1. The Morgan fingerprint density at radius 2 is 2.37 bits per heavy atom. The quantitative estimate of drug-likeness (QED) is 0.636. The highest BCUT2D eigenvalue weighted by molar-refractivity contribution is 5.96. The van der Waals surface area contributed by atoms with Crippen molar-refractivity contribution in [3.05, 3.63) is 41.5 Å². The van der Waals surface area contributed by atoms with E-state index < -0.39 is 5.97 Å². The van der Waals surface area contributed by atoms with E-state index in [1.165, 1.54) is 18.1 Å². The van der Waals surface area contributed by atoms with Gasteiger partial charge in [-0.05, 0) is 11.6 Å². The summed E-state index contributed by atoms with van der Waals surface area (Å²) >= 11 is 0. The molecule has 0 saturated carbocycles. The van der Waals surface area contributed by atoms with Crippen LogP contribution in [0.1, 0.15) is 21.7 Å². The summed E-state index contributed by atoms with van der Waals surface area (Å²) in [6.07, 6.45) is 1.42. The van der Waals surface area contributed by atoms with E-state index in [-0.39, 0.29) is 12.4 Å². The van der Waals surface area contributed by atoms with Crippen LogP contribution in [0.2, 0.25) is 0 Å². The topological polar surface area (TPSA) is 107 Å². The van der Waals surface area contributed by atoms with Crippen LogP contribution in [0.3, 0.4) is 0 Å². The standard InChI is InChI=1S/C12H11N5O2/c1-19-12(18)11-8(3-2-4-9(11)14)6-17-7-15-10(5-13)16-17/h2-4,7H,6,14H2,1H3. The first-order chi connectivity index (χ1) is 9.15. The summed E-state index contributed by atoms with van der Waals surface area (Å²) in [5, 5.41) is 12.6. The molecule has 2 rings (SSSR count). The summed E-state index contributed by atoms with van der Waals surface area (Å²) in [6, 6.07) is 6.94. The van der Waals surface area contributed by atoms with Gasteiger partial charge in [-0.3, -0.25) is 0 Å². The van der Waals surface area contributed by atoms with Gasteiger partial charge in [-0.25, -0.2) is 14.5 Å². The maximum atomic E-state index is 11.7. The van der Waals surface area contributed by atoms with Gasteiger partial charge in [0.1, 0.15) is 12.4 Å². The van der Waals surface area contributed by atoms with E-state index in [1.54, 1.807) is 18.2 Å². The lowest BCUT2D eigenvalue weighted by Gasteiger charge is -2.10. The summed E-state index contributed by atoms with van der Waals surface area (Å²) < 4.78 is 6.16. The van der Waals surface area contributed by atoms with Gasteiger partial charge in [0.15, 0.2) is 0 Å². The second kappa shape index (κ2) is 5.18. The number of benzene rings is 1. The van der Waals surface area contributed by atoms with Crippen LogP contribution in [0.5, 0.6) is 0 Å². The molecule has 0 spiro atoms. The Balaban J connectivity index is 2.37. The fourth-order valence-electron chi connectivity index (χ4n) is 1.70. The summed E-state index contributed by atoms with van der Waals surface area (Å²) in [7, 11) is 1.29. The average Bonchev–Trinajstić information content (AvgIpc) is 2.86. The minimum absolute atomic E-state index is 0.0727. The molecule has 7 nitrogen and oxygen atoms in total. The van der Waals surface area contributed by atoms with Gasteiger partial charge in [-0.1, -0.05) is 12.1 Å². The molecule has 19 heavy (non-hydrogen) atoms. The second-order valence-electron chi connectivity index (χ2n) is 3.75. The van der Waals surface area contributed by atoms with E-state index in [4.69, 9.17) is 15.7 Å². The largest absolute Gasteiger partial charge is 0.465 e. The molecular formula is C12H11N5O2. The first kappa shape index (κ1) is 12.6. The van der Waals surface area contributed by atoms with Gasteiger partial charge < -0.3 is 10.5 Å². The van der Waals surface area contributed by atoms with Crippen molar-refractivity contribution in [2.45, 2.75) is 6.54 Å². The van der Waals surface area contributed by atoms with E-state index in [0.717, 1.165) is 0 Å². The minimum Gasteiger partial charge on any atom is -0.465 e. The molecule has 0 radical (unpaired) electrons. The van der Waals surface area contributed by atoms with Gasteiger partial charge >= 0.3 is 5.97 Å². The zero-order chi connectivity index (χ0) is 13.8. The minimum atomic E-state index is -0.506. The van der Waals surface area contributed by atoms with Crippen molar-refractivity contribution in [1.29, 1.82) is 5.26 Å². The predicted octanol–water partition coefficient (Wildman–Crippen LogP) is 0.567. The van der Waals surface area contributed by atoms with Gasteiger partial charge in [0.05, 0.1) is 19.2 Å². The van der Waals surface area contributed by atoms with Crippen LogP contribution in [-0.4, -0.2) is 27.8 Å². The molecule has 0 unspecified atom stereocenters. The van der Waals surface area contributed by atoms with Crippen molar-refractivity contribution in [1.82, 2.24) is 14.8 Å². The van der Waals surface area contributed by atoms with Gasteiger partial charge in [-0.2, -0.15) is 5.26 Å². The van der Waals surface area contributed by atoms with E-state index >= 15 is 0 Å². The Bertz CT molecular complexity index is 656. The van der Waals surface area contributed by atoms with E-state index in [2.05, 4.69) is 10.1 Å². The maximum Gasteiger partial charge on any atom is 0.340 e. The smallest absolute Gasteiger partial charge is 0.340 e. The predicted molar refractivity (Wildman–Crippen MR) is 66.0 cm³/mol. The van der Waals surface area contributed by atoms with Crippen LogP contribution in [0, 0.1) is 11.3 Å². The van der Waals surface area contributed by atoms with Crippen molar-refractivity contribution < 1.29 is 9.53 Å². The zero-order valence-electron chi connectivity index (χ0n) is 10.2. The highest BCUT2D eigenvalue weighted by Crippen LogP contribution is 2.19. The molecule has 7 heteroatoms. The fourth-order valence-corrected chi connectivity index (χ4v) is 1.70. The number of esters is 1. The van der Waals surface area contributed by atoms with Gasteiger partial charge in [-0.15, -0.1) is 5.10 Å². The number of anilines is 1. The number of nitrogens with zero attached hydrogens (tertiary/aromatic N) is 4. The van der Waals surface area contributed by atoms with Crippen molar-refractivity contribution in [3.8, 4) is 6.07 Å². The highest BCUT2D eigenvalue weighted by Gasteiger charge is 2.16. The summed E-state index contributed by atoms with van der Waals surface area (Å²) in [6.45, 7) is 0.282. The number of nitrogens with two attached hydrogens (primary N) is 1. The average molecular weight is 257 g/mol. The third-order valence-electron chi connectivity index (χ3n) is 2.54. The second-order valence-corrected chi connectivity index (χ2v) is 3.75. The van der Waals surface area contributed by atoms with Crippen LogP contribution in [0.25, 0.3) is 0 Å². The lowest BCUT2D eigenvalue weighted by molar-refractivity contribution is 0.0600. The Morgan fingerprint density at radius 1 is 1.58 bits per heavy atom. The van der Waals surface area contributed by atoms with Crippen molar-refractivity contribution in [3.63, 3.8) is 0 Å². The number of nitrogen functional groups attached to an aromatic ring is 1. The molecule has 0 aliphatic rings. The molecule has 96 valence electrons. The van der Waals surface area contributed by atoms with Crippen molar-refractivity contribution >= 4 is 11.7 Å². The van der Waals surface area contributed by atoms with Gasteiger partial charge in [0.25, 0.3) is 5.82 Å². The Labute approximate surface area is 109 Å². The monoisotopic (exact) mass is 257 g/mol. The van der Waals surface area contributed by atoms with E-state index in [0.29, 0.717) is 16.8 Å². The lowest BCUT2D eigenvalue weighted by Crippen LogP contribution is -2.12. The molecule has 2 N–H and O–H groups in total. The Morgan fingerprint density at radius 3 is 3.00 bits per heavy atom. The molecule has 0 fully saturated rings. The van der Waals surface area contributed by atoms with E-state index in [9.17, 15) is 4.79 Å². The molecule has 1 heterocycles. The summed E-state index contributed by atoms with van der Waals surface area (Å²) in [4.78, 5) is 15.5. The molecular weight excluding hydrogens is 246 g/mol. The molecule has 0 aliphatic carbocycles. The van der Waals surface area contributed by atoms with Crippen LogP contribution >= 0.6 is 0 Å². The number of carbonyl (C=O) groups excluding carboxylic acids is 1. The Kier molecular flexibility index (Phi) is 3.43. The van der Waals surface area contributed by atoms with Crippen LogP contribution in [0.4, 0.5) is 5.69 Å². The number of hydrogen-bond acceptors (Lipinski definition) is 6. The molecule has 1 aromatic heterocycles. The SMILES string of the molecule is COC(=O)c1c(N)cccc1Cn1cnc(C#N)n1. The number of carbonyl (C=O) groups is 1. The first-order valence-corrected chi connectivity index (χ1v) is 5.41. The maximum absolute atomic E-state index is 11.7. The number of hydrogen-bond donors (Lipinski definition) is 1. The third-order valence-corrected chi connectivity index (χ3v) is 2.54. The number of nitriles is 1. The van der Waals surface area contributed by atoms with Crippen LogP contribution < -0.4 is 5.73 Å². The van der Waals surface area contributed by atoms with E-state index in [1.807, 2.05) is 6.07 Å². The number of rotatable bonds is 3. The number of methoxy groups -OCH3 is 1. The molecule has 2 aromatic rings. The van der Waals surface area contributed by atoms with Gasteiger partial charge in [0, 0.05) is 5.69 Å². The number of aromatic nitrogens is 3. The molecule has 1 aromatic carbocycles. The van der Waals surface area contributed by atoms with Crippen LogP contribution in [0.15, 0.2) is 24.5 Å². The summed E-state index contributed by atoms with van der Waals surface area (Å²) in [5.74, 6) is -0.433. The summed E-state index contributed by atoms with van der Waals surface area (Å²) in [5.41, 5.74) is 7.08. The van der Waals surface area contributed by atoms with Crippen LogP contribution in [-0.2, 0) is 11.3 Å². The fraction of sp³-hybridized carbons (Fsp3) is 0.167. The first-order valence-electron chi connectivity index (χ1n) is 5.41. The molecule has 0 atom stereocenters. The van der Waals surface area contributed by atoms with Crippen molar-refractivity contribution in [2.75, 3.05) is 12.8 Å². The highest BCUT2D eigenvalue weighted by atomic mass is 16.5.